The van der Waals surface area contributed by atoms with Gasteiger partial charge in [0.2, 0.25) is 5.43 Å². The third kappa shape index (κ3) is 6.02. The highest BCUT2D eigenvalue weighted by molar-refractivity contribution is 6.38. The molecule has 5 rings (SSSR count). The Morgan fingerprint density at radius 3 is 2.58 bits per heavy atom. The maximum Gasteiger partial charge on any atom is 0.257 e. The minimum Gasteiger partial charge on any atom is -0.394 e. The van der Waals surface area contributed by atoms with Crippen LogP contribution in [0.1, 0.15) is 45.9 Å². The fourth-order valence-electron chi connectivity index (χ4n) is 5.39. The van der Waals surface area contributed by atoms with Crippen molar-refractivity contribution in [3.63, 3.8) is 0 Å². The van der Waals surface area contributed by atoms with Crippen molar-refractivity contribution in [1.29, 1.82) is 0 Å². The van der Waals surface area contributed by atoms with Crippen molar-refractivity contribution in [2.24, 2.45) is 0 Å². The molecule has 0 unspecified atom stereocenters. The van der Waals surface area contributed by atoms with Gasteiger partial charge >= 0.3 is 0 Å². The molecule has 0 radical (unpaired) electrons. The molecule has 1 saturated carbocycles. The van der Waals surface area contributed by atoms with Gasteiger partial charge in [-0.15, -0.1) is 0 Å². The lowest BCUT2D eigenvalue weighted by molar-refractivity contribution is 0.0724. The number of fused-ring (bicyclic) bond motifs is 1. The number of nitrogens with one attached hydrogen (secondary N) is 1. The molecule has 1 saturated heterocycles. The number of aliphatic hydroxyl groups is 1. The number of aromatic nitrogens is 1. The van der Waals surface area contributed by atoms with Crippen LogP contribution in [0.3, 0.4) is 0 Å². The van der Waals surface area contributed by atoms with Gasteiger partial charge in [0.15, 0.2) is 0 Å². The molecule has 1 aromatic heterocycles. The first-order valence-corrected chi connectivity index (χ1v) is 14.2. The summed E-state index contributed by atoms with van der Waals surface area (Å²) >= 11 is 6.89. The number of amides is 1. The third-order valence-electron chi connectivity index (χ3n) is 7.78. The second kappa shape index (κ2) is 12.3. The maximum atomic E-state index is 15.6. The summed E-state index contributed by atoms with van der Waals surface area (Å²) in [4.78, 5) is 30.9. The van der Waals surface area contributed by atoms with Crippen molar-refractivity contribution < 1.29 is 19.0 Å². The summed E-state index contributed by atoms with van der Waals surface area (Å²) in [6, 6.07) is 7.36. The number of benzene rings is 2. The second-order valence-corrected chi connectivity index (χ2v) is 11.1. The van der Waals surface area contributed by atoms with Crippen molar-refractivity contribution in [2.45, 2.75) is 39.3 Å². The van der Waals surface area contributed by atoms with E-state index < -0.39 is 17.2 Å². The number of carbonyl (C=O) groups excluding carboxylic acids is 1. The first-order valence-electron chi connectivity index (χ1n) is 13.9. The molecule has 0 spiro atoms. The Morgan fingerprint density at radius 1 is 1.15 bits per heavy atom. The number of aliphatic hydroxyl groups excluding tert-OH is 1. The summed E-state index contributed by atoms with van der Waals surface area (Å²) < 4.78 is 22.9. The van der Waals surface area contributed by atoms with Crippen LogP contribution in [0.4, 0.5) is 10.1 Å². The zero-order chi connectivity index (χ0) is 28.4. The fourth-order valence-corrected chi connectivity index (χ4v) is 5.80. The molecule has 0 bridgehead atoms. The maximum absolute atomic E-state index is 15.6. The zero-order valence-electron chi connectivity index (χ0n) is 23.0. The summed E-state index contributed by atoms with van der Waals surface area (Å²) in [5.74, 6) is -1.05. The fraction of sp³-hybridized carbons (Fsp3) is 0.467. The molecule has 10 heteroatoms. The van der Waals surface area contributed by atoms with Crippen LogP contribution in [0, 0.1) is 19.7 Å². The number of rotatable bonds is 10. The van der Waals surface area contributed by atoms with Crippen LogP contribution in [0.5, 0.6) is 0 Å². The van der Waals surface area contributed by atoms with Crippen LogP contribution in [0.2, 0.25) is 5.02 Å². The molecular weight excluding hydrogens is 535 g/mol. The quantitative estimate of drug-likeness (QED) is 0.361. The third-order valence-corrected chi connectivity index (χ3v) is 8.14. The Bertz CT molecular complexity index is 1460. The van der Waals surface area contributed by atoms with Gasteiger partial charge in [-0.25, -0.2) is 4.39 Å². The summed E-state index contributed by atoms with van der Waals surface area (Å²) in [7, 11) is 0. The summed E-state index contributed by atoms with van der Waals surface area (Å²) in [6.45, 7) is 8.45. The van der Waals surface area contributed by atoms with Gasteiger partial charge in [-0.05, 0) is 43.9 Å². The van der Waals surface area contributed by atoms with Crippen molar-refractivity contribution in [2.75, 3.05) is 57.4 Å². The van der Waals surface area contributed by atoms with Gasteiger partial charge in [0.25, 0.3) is 5.91 Å². The lowest BCUT2D eigenvalue weighted by Gasteiger charge is -2.36. The highest BCUT2D eigenvalue weighted by Gasteiger charge is 2.31. The SMILES string of the molecule is Cc1ccc(CNC(=O)c2cn(C3CC3)c3c(Cl)c(N4CCN(CCOCCO)CC4)c(F)cc3c2=O)c(C)c1. The number of nitrogens with zero attached hydrogens (tertiary/aromatic N) is 3. The molecule has 1 aliphatic heterocycles. The lowest BCUT2D eigenvalue weighted by Crippen LogP contribution is -2.47. The Morgan fingerprint density at radius 2 is 1.90 bits per heavy atom. The molecule has 0 atom stereocenters. The van der Waals surface area contributed by atoms with Gasteiger partial charge in [-0.1, -0.05) is 35.4 Å². The number of pyridine rings is 1. The van der Waals surface area contributed by atoms with Gasteiger partial charge in [0.05, 0.1) is 41.4 Å². The average Bonchev–Trinajstić information content (AvgIpc) is 3.77. The molecule has 2 heterocycles. The van der Waals surface area contributed by atoms with E-state index in [1.807, 2.05) is 41.5 Å². The van der Waals surface area contributed by atoms with E-state index in [0.717, 1.165) is 36.1 Å². The van der Waals surface area contributed by atoms with Crippen molar-refractivity contribution in [1.82, 2.24) is 14.8 Å². The molecule has 2 aliphatic rings. The molecule has 2 fully saturated rings. The molecule has 8 nitrogen and oxygen atoms in total. The average molecular weight is 571 g/mol. The van der Waals surface area contributed by atoms with E-state index in [2.05, 4.69) is 10.2 Å². The number of carbonyl (C=O) groups is 1. The van der Waals surface area contributed by atoms with Gasteiger partial charge in [0.1, 0.15) is 11.4 Å². The predicted molar refractivity (Wildman–Crippen MR) is 155 cm³/mol. The Kier molecular flexibility index (Phi) is 8.75. The largest absolute Gasteiger partial charge is 0.394 e. The molecule has 40 heavy (non-hydrogen) atoms. The van der Waals surface area contributed by atoms with Crippen LogP contribution in [0.15, 0.2) is 35.3 Å². The van der Waals surface area contributed by atoms with Gasteiger partial charge in [-0.2, -0.15) is 0 Å². The van der Waals surface area contributed by atoms with E-state index in [1.165, 1.54) is 6.07 Å². The monoisotopic (exact) mass is 570 g/mol. The normalized spacial score (nSPS) is 16.1. The Balaban J connectivity index is 1.41. The number of hydrogen-bond acceptors (Lipinski definition) is 6. The first-order chi connectivity index (χ1) is 19.3. The van der Waals surface area contributed by atoms with E-state index in [9.17, 15) is 9.59 Å². The smallest absolute Gasteiger partial charge is 0.257 e. The van der Waals surface area contributed by atoms with Crippen molar-refractivity contribution in [3.8, 4) is 0 Å². The van der Waals surface area contributed by atoms with E-state index in [4.69, 9.17) is 21.4 Å². The van der Waals surface area contributed by atoms with Crippen LogP contribution >= 0.6 is 11.6 Å². The number of hydrogen-bond donors (Lipinski definition) is 2. The molecule has 2 aromatic carbocycles. The minimum atomic E-state index is -0.565. The Labute approximate surface area is 238 Å². The van der Waals surface area contributed by atoms with E-state index in [1.54, 1.807) is 6.20 Å². The topological polar surface area (TPSA) is 87.0 Å². The number of ether oxygens (including phenoxy) is 1. The highest BCUT2D eigenvalue weighted by Crippen LogP contribution is 2.42. The molecule has 3 aromatic rings. The van der Waals surface area contributed by atoms with Crippen molar-refractivity contribution >= 4 is 34.1 Å². The standard InChI is InChI=1S/C30H36ClFN4O4/c1-19-3-4-21(20(2)15-19)17-33-30(39)24-18-36(22-5-6-22)27-23(29(24)38)16-25(32)28(26(27)31)35-9-7-34(8-10-35)11-13-40-14-12-37/h3-4,15-16,18,22,37H,5-14,17H2,1-2H3,(H,33,39). The second-order valence-electron chi connectivity index (χ2n) is 10.7. The van der Waals surface area contributed by atoms with Gasteiger partial charge in [0, 0.05) is 51.5 Å². The molecule has 1 aliphatic carbocycles. The molecule has 2 N–H and O–H groups in total. The number of halogens is 2. The number of piperazine rings is 1. The summed E-state index contributed by atoms with van der Waals surface area (Å²) in [6.07, 6.45) is 3.40. The van der Waals surface area contributed by atoms with Crippen molar-refractivity contribution in [3.05, 3.63) is 73.8 Å². The lowest BCUT2D eigenvalue weighted by atomic mass is 10.1. The van der Waals surface area contributed by atoms with Crippen LogP contribution in [-0.4, -0.2) is 73.0 Å². The van der Waals surface area contributed by atoms with Crippen LogP contribution in [0.25, 0.3) is 10.9 Å². The first kappa shape index (κ1) is 28.5. The van der Waals surface area contributed by atoms with E-state index in [0.29, 0.717) is 57.1 Å². The minimum absolute atomic E-state index is 0.00125. The predicted octanol–water partition coefficient (Wildman–Crippen LogP) is 3.81. The van der Waals surface area contributed by atoms with Gasteiger partial charge < -0.3 is 24.6 Å². The van der Waals surface area contributed by atoms with E-state index in [-0.39, 0.29) is 28.6 Å². The van der Waals surface area contributed by atoms with Crippen LogP contribution in [-0.2, 0) is 11.3 Å². The summed E-state index contributed by atoms with van der Waals surface area (Å²) in [5, 5.41) is 12.1. The molecule has 1 amide bonds. The van der Waals surface area contributed by atoms with Gasteiger partial charge in [-0.3, -0.25) is 14.5 Å². The summed E-state index contributed by atoms with van der Waals surface area (Å²) in [5.41, 5.74) is 3.42. The number of anilines is 1. The van der Waals surface area contributed by atoms with E-state index >= 15 is 4.39 Å². The zero-order valence-corrected chi connectivity index (χ0v) is 23.8. The van der Waals surface area contributed by atoms with Crippen LogP contribution < -0.4 is 15.6 Å². The molecule has 214 valence electrons. The highest BCUT2D eigenvalue weighted by atomic mass is 35.5. The molecular formula is C30H36ClFN4O4. The Hall–Kier alpha value is -2.98. The number of aryl methyl sites for hydroxylation is 2.